The van der Waals surface area contributed by atoms with Gasteiger partial charge in [-0.05, 0) is 43.7 Å². The molecule has 1 aliphatic heterocycles. The van der Waals surface area contributed by atoms with Crippen LogP contribution in [0.4, 0.5) is 0 Å². The number of piperidine rings is 1. The van der Waals surface area contributed by atoms with Crippen molar-refractivity contribution in [3.05, 3.63) is 59.4 Å². The van der Waals surface area contributed by atoms with Gasteiger partial charge in [0.25, 0.3) is 0 Å². The summed E-state index contributed by atoms with van der Waals surface area (Å²) in [5, 5.41) is 7.68. The Bertz CT molecular complexity index is 750. The summed E-state index contributed by atoms with van der Waals surface area (Å²) in [6.07, 6.45) is 10.7. The van der Waals surface area contributed by atoms with E-state index in [2.05, 4.69) is 64.8 Å². The normalized spacial score (nSPS) is 15.1. The first-order valence-corrected chi connectivity index (χ1v) is 10.00. The van der Waals surface area contributed by atoms with Gasteiger partial charge in [0.1, 0.15) is 0 Å². The van der Waals surface area contributed by atoms with Crippen molar-refractivity contribution in [2.24, 2.45) is 12.0 Å². The minimum absolute atomic E-state index is 0.848. The highest BCUT2D eigenvalue weighted by Gasteiger charge is 2.17. The third-order valence-corrected chi connectivity index (χ3v) is 4.85. The zero-order valence-corrected chi connectivity index (χ0v) is 16.6. The molecule has 0 radical (unpaired) electrons. The number of guanidine groups is 1. The molecule has 1 N–H and O–H groups in total. The molecule has 5 nitrogen and oxygen atoms in total. The zero-order valence-electron chi connectivity index (χ0n) is 16.6. The maximum Gasteiger partial charge on any atom is 0.193 e. The molecule has 1 aromatic heterocycles. The van der Waals surface area contributed by atoms with Crippen LogP contribution in [0.15, 0.2) is 53.3 Å². The van der Waals surface area contributed by atoms with E-state index in [-0.39, 0.29) is 0 Å². The fourth-order valence-electron chi connectivity index (χ4n) is 3.43. The Balaban J connectivity index is 1.50. The summed E-state index contributed by atoms with van der Waals surface area (Å²) >= 11 is 0. The molecular formula is C22H31N5. The molecule has 1 aliphatic rings. The molecule has 5 heteroatoms. The van der Waals surface area contributed by atoms with Crippen LogP contribution in [0, 0.1) is 0 Å². The van der Waals surface area contributed by atoms with Crippen molar-refractivity contribution in [1.29, 1.82) is 0 Å². The largest absolute Gasteiger partial charge is 0.357 e. The van der Waals surface area contributed by atoms with Gasteiger partial charge in [0, 0.05) is 39.4 Å². The average Bonchev–Trinajstić information content (AvgIpc) is 3.11. The van der Waals surface area contributed by atoms with Gasteiger partial charge in [-0.25, -0.2) is 0 Å². The Hall–Kier alpha value is -2.56. The topological polar surface area (TPSA) is 45.5 Å². The van der Waals surface area contributed by atoms with E-state index in [4.69, 9.17) is 4.99 Å². The molecule has 0 amide bonds. The lowest BCUT2D eigenvalue weighted by molar-refractivity contribution is 0.375. The number of aromatic nitrogens is 2. The molecule has 1 saturated heterocycles. The molecule has 0 saturated carbocycles. The quantitative estimate of drug-likeness (QED) is 0.484. The molecule has 0 bridgehead atoms. The summed E-state index contributed by atoms with van der Waals surface area (Å²) in [4.78, 5) is 7.25. The van der Waals surface area contributed by atoms with Gasteiger partial charge in [0.15, 0.2) is 5.96 Å². The van der Waals surface area contributed by atoms with Crippen LogP contribution in [-0.4, -0.2) is 46.8 Å². The first-order valence-electron chi connectivity index (χ1n) is 10.00. The lowest BCUT2D eigenvalue weighted by Crippen LogP contribution is -2.44. The zero-order chi connectivity index (χ0) is 18.9. The number of likely N-dealkylation sites (tertiary alicyclic amines) is 1. The van der Waals surface area contributed by atoms with E-state index in [1.54, 1.807) is 0 Å². The number of hydrogen-bond donors (Lipinski definition) is 1. The predicted octanol–water partition coefficient (Wildman–Crippen LogP) is 3.50. The van der Waals surface area contributed by atoms with E-state index >= 15 is 0 Å². The Morgan fingerprint density at radius 1 is 1.22 bits per heavy atom. The summed E-state index contributed by atoms with van der Waals surface area (Å²) in [5.41, 5.74) is 4.12. The fourth-order valence-corrected chi connectivity index (χ4v) is 3.43. The van der Waals surface area contributed by atoms with Crippen molar-refractivity contribution in [3.63, 3.8) is 0 Å². The molecule has 1 fully saturated rings. The van der Waals surface area contributed by atoms with Crippen LogP contribution in [0.2, 0.25) is 0 Å². The molecule has 144 valence electrons. The van der Waals surface area contributed by atoms with Crippen LogP contribution in [0.3, 0.4) is 0 Å². The van der Waals surface area contributed by atoms with Gasteiger partial charge in [-0.15, -0.1) is 0 Å². The maximum atomic E-state index is 4.85. The van der Waals surface area contributed by atoms with Crippen molar-refractivity contribution in [1.82, 2.24) is 20.0 Å². The number of rotatable bonds is 6. The Labute approximate surface area is 162 Å². The second-order valence-corrected chi connectivity index (χ2v) is 7.06. The summed E-state index contributed by atoms with van der Waals surface area (Å²) in [6.45, 7) is 5.96. The number of aryl methyl sites for hydroxylation is 2. The van der Waals surface area contributed by atoms with E-state index in [1.165, 1.54) is 16.7 Å². The number of hydrogen-bond acceptors (Lipinski definition) is 2. The number of nitrogens with zero attached hydrogens (tertiary/aromatic N) is 4. The highest BCUT2D eigenvalue weighted by atomic mass is 15.3. The highest BCUT2D eigenvalue weighted by molar-refractivity contribution is 5.80. The highest BCUT2D eigenvalue weighted by Crippen LogP contribution is 2.19. The molecule has 2 aromatic rings. The maximum absolute atomic E-state index is 4.85. The molecule has 0 atom stereocenters. The second kappa shape index (κ2) is 9.95. The average molecular weight is 366 g/mol. The number of benzene rings is 1. The Morgan fingerprint density at radius 3 is 2.67 bits per heavy atom. The number of aliphatic imine (C=N–C) groups is 1. The summed E-state index contributed by atoms with van der Waals surface area (Å²) in [5.74, 6) is 1.06. The smallest absolute Gasteiger partial charge is 0.193 e. The Morgan fingerprint density at radius 2 is 2.00 bits per heavy atom. The first kappa shape index (κ1) is 19.2. The summed E-state index contributed by atoms with van der Waals surface area (Å²) < 4.78 is 1.86. The molecule has 27 heavy (non-hydrogen) atoms. The van der Waals surface area contributed by atoms with E-state index in [9.17, 15) is 0 Å². The van der Waals surface area contributed by atoms with Gasteiger partial charge < -0.3 is 10.2 Å². The summed E-state index contributed by atoms with van der Waals surface area (Å²) in [7, 11) is 1.96. The predicted molar refractivity (Wildman–Crippen MR) is 113 cm³/mol. The van der Waals surface area contributed by atoms with Gasteiger partial charge in [0.05, 0.1) is 6.20 Å². The Kier molecular flexibility index (Phi) is 7.08. The van der Waals surface area contributed by atoms with E-state index in [1.807, 2.05) is 17.9 Å². The number of nitrogens with one attached hydrogen (secondary N) is 1. The fraction of sp³-hybridized carbons (Fsp3) is 0.455. The van der Waals surface area contributed by atoms with Gasteiger partial charge >= 0.3 is 0 Å². The monoisotopic (exact) mass is 365 g/mol. The molecule has 1 aromatic carbocycles. The molecule has 2 heterocycles. The lowest BCUT2D eigenvalue weighted by Gasteiger charge is -2.31. The summed E-state index contributed by atoms with van der Waals surface area (Å²) in [6, 6.07) is 10.6. The van der Waals surface area contributed by atoms with E-state index < -0.39 is 0 Å². The van der Waals surface area contributed by atoms with Gasteiger partial charge in [0.2, 0.25) is 0 Å². The van der Waals surface area contributed by atoms with Crippen LogP contribution in [0.1, 0.15) is 37.3 Å². The van der Waals surface area contributed by atoms with Crippen molar-refractivity contribution < 1.29 is 0 Å². The SMILES string of the molecule is CCNC(=NCCCc1cnn(C)c1)N1CCC(=Cc2ccccc2)CC1. The van der Waals surface area contributed by atoms with Crippen LogP contribution in [0.5, 0.6) is 0 Å². The van der Waals surface area contributed by atoms with Crippen molar-refractivity contribution in [3.8, 4) is 0 Å². The van der Waals surface area contributed by atoms with Crippen molar-refractivity contribution in [2.45, 2.75) is 32.6 Å². The van der Waals surface area contributed by atoms with Crippen LogP contribution in [-0.2, 0) is 13.5 Å². The van der Waals surface area contributed by atoms with Crippen molar-refractivity contribution in [2.75, 3.05) is 26.2 Å². The van der Waals surface area contributed by atoms with Crippen molar-refractivity contribution >= 4 is 12.0 Å². The van der Waals surface area contributed by atoms with Crippen LogP contribution >= 0.6 is 0 Å². The standard InChI is InChI=1S/C22H31N5/c1-3-23-22(24-13-7-10-21-17-25-26(2)18-21)27-14-11-20(12-15-27)16-19-8-5-4-6-9-19/h4-6,8-9,16-18H,3,7,10-15H2,1-2H3,(H,23,24). The first-order chi connectivity index (χ1) is 13.2. The molecule has 0 aliphatic carbocycles. The molecule has 0 spiro atoms. The second-order valence-electron chi connectivity index (χ2n) is 7.06. The minimum Gasteiger partial charge on any atom is -0.357 e. The van der Waals surface area contributed by atoms with Crippen LogP contribution < -0.4 is 5.32 Å². The third kappa shape index (κ3) is 5.98. The van der Waals surface area contributed by atoms with Crippen LogP contribution in [0.25, 0.3) is 6.08 Å². The molecular weight excluding hydrogens is 334 g/mol. The van der Waals surface area contributed by atoms with Gasteiger partial charge in [-0.2, -0.15) is 5.10 Å². The van der Waals surface area contributed by atoms with Gasteiger partial charge in [-0.3, -0.25) is 9.67 Å². The van der Waals surface area contributed by atoms with E-state index in [0.717, 1.165) is 57.8 Å². The lowest BCUT2D eigenvalue weighted by atomic mass is 10.0. The van der Waals surface area contributed by atoms with Gasteiger partial charge in [-0.1, -0.05) is 42.0 Å². The minimum atomic E-state index is 0.848. The third-order valence-electron chi connectivity index (χ3n) is 4.85. The van der Waals surface area contributed by atoms with E-state index in [0.29, 0.717) is 0 Å². The molecule has 3 rings (SSSR count). The molecule has 0 unspecified atom stereocenters.